The van der Waals surface area contributed by atoms with Gasteiger partial charge < -0.3 is 0 Å². The predicted octanol–water partition coefficient (Wildman–Crippen LogP) is 4.28. The van der Waals surface area contributed by atoms with Crippen LogP contribution in [0.4, 0.5) is 5.82 Å². The standard InChI is InChI=1S/C20H19N3OS/c1-13-10-11-25-19(13)15-12-16(15)20(24)23(2)18-9-8-17(21-22-18)14-6-4-3-5-7-14/h3-11,15-16H,12H2,1-2H3/t15-,16+/m1/s1. The lowest BCUT2D eigenvalue weighted by Gasteiger charge is -2.16. The summed E-state index contributed by atoms with van der Waals surface area (Å²) in [6.07, 6.45) is 0.931. The number of benzene rings is 1. The van der Waals surface area contributed by atoms with Crippen molar-refractivity contribution in [1.29, 1.82) is 0 Å². The Morgan fingerprint density at radius 2 is 1.92 bits per heavy atom. The number of anilines is 1. The van der Waals surface area contributed by atoms with Crippen LogP contribution in [0.1, 0.15) is 22.8 Å². The highest BCUT2D eigenvalue weighted by molar-refractivity contribution is 7.10. The van der Waals surface area contributed by atoms with Crippen LogP contribution >= 0.6 is 11.3 Å². The van der Waals surface area contributed by atoms with Crippen molar-refractivity contribution in [3.05, 3.63) is 64.4 Å². The van der Waals surface area contributed by atoms with Crippen LogP contribution in [-0.4, -0.2) is 23.2 Å². The summed E-state index contributed by atoms with van der Waals surface area (Å²) in [6, 6.07) is 15.8. The van der Waals surface area contributed by atoms with Gasteiger partial charge in [0.2, 0.25) is 5.91 Å². The molecule has 3 aromatic rings. The molecule has 0 spiro atoms. The van der Waals surface area contributed by atoms with Gasteiger partial charge in [0.1, 0.15) is 0 Å². The summed E-state index contributed by atoms with van der Waals surface area (Å²) in [7, 11) is 1.78. The number of hydrogen-bond donors (Lipinski definition) is 0. The first-order valence-electron chi connectivity index (χ1n) is 8.36. The maximum atomic E-state index is 12.7. The van der Waals surface area contributed by atoms with Gasteiger partial charge in [0, 0.05) is 29.3 Å². The van der Waals surface area contributed by atoms with Gasteiger partial charge in [-0.25, -0.2) is 0 Å². The molecule has 1 fully saturated rings. The van der Waals surface area contributed by atoms with Crippen LogP contribution in [0.5, 0.6) is 0 Å². The fraction of sp³-hybridized carbons (Fsp3) is 0.250. The summed E-state index contributed by atoms with van der Waals surface area (Å²) in [5.74, 6) is 1.15. The first-order valence-corrected chi connectivity index (χ1v) is 9.24. The average molecular weight is 349 g/mol. The lowest BCUT2D eigenvalue weighted by Crippen LogP contribution is -2.29. The topological polar surface area (TPSA) is 46.1 Å². The average Bonchev–Trinajstić information content (AvgIpc) is 3.34. The molecule has 1 aliphatic rings. The molecule has 1 amide bonds. The molecule has 126 valence electrons. The van der Waals surface area contributed by atoms with Crippen LogP contribution in [0.15, 0.2) is 53.9 Å². The molecule has 1 aliphatic carbocycles. The molecule has 2 atom stereocenters. The normalized spacial score (nSPS) is 18.8. The van der Waals surface area contributed by atoms with Gasteiger partial charge in [0.15, 0.2) is 5.82 Å². The van der Waals surface area contributed by atoms with E-state index in [0.29, 0.717) is 11.7 Å². The molecule has 4 nitrogen and oxygen atoms in total. The molecule has 1 saturated carbocycles. The minimum absolute atomic E-state index is 0.0675. The highest BCUT2D eigenvalue weighted by Gasteiger charge is 2.46. The van der Waals surface area contributed by atoms with Gasteiger partial charge in [-0.05, 0) is 42.5 Å². The highest BCUT2D eigenvalue weighted by Crippen LogP contribution is 2.51. The largest absolute Gasteiger partial charge is 0.298 e. The Labute approximate surface area is 151 Å². The van der Waals surface area contributed by atoms with Gasteiger partial charge >= 0.3 is 0 Å². The molecule has 0 radical (unpaired) electrons. The molecule has 0 bridgehead atoms. The molecule has 2 aromatic heterocycles. The molecule has 2 heterocycles. The summed E-state index contributed by atoms with van der Waals surface area (Å²) in [5.41, 5.74) is 3.12. The second-order valence-electron chi connectivity index (χ2n) is 6.46. The fourth-order valence-corrected chi connectivity index (χ4v) is 4.26. The van der Waals surface area contributed by atoms with Crippen molar-refractivity contribution in [2.24, 2.45) is 5.92 Å². The molecular weight excluding hydrogens is 330 g/mol. The zero-order valence-corrected chi connectivity index (χ0v) is 15.0. The number of aryl methyl sites for hydroxylation is 1. The van der Waals surface area contributed by atoms with Gasteiger partial charge in [0.25, 0.3) is 0 Å². The summed E-state index contributed by atoms with van der Waals surface area (Å²) in [4.78, 5) is 15.7. The van der Waals surface area contributed by atoms with E-state index in [1.165, 1.54) is 10.4 Å². The smallest absolute Gasteiger partial charge is 0.231 e. The van der Waals surface area contributed by atoms with Crippen LogP contribution in [0.3, 0.4) is 0 Å². The molecule has 4 rings (SSSR count). The summed E-state index contributed by atoms with van der Waals surface area (Å²) in [6.45, 7) is 2.11. The third-order valence-corrected chi connectivity index (χ3v) is 5.89. The van der Waals surface area contributed by atoms with E-state index in [4.69, 9.17) is 0 Å². The predicted molar refractivity (Wildman–Crippen MR) is 101 cm³/mol. The Morgan fingerprint density at radius 3 is 2.56 bits per heavy atom. The van der Waals surface area contributed by atoms with E-state index in [2.05, 4.69) is 28.6 Å². The van der Waals surface area contributed by atoms with Gasteiger partial charge in [-0.3, -0.25) is 9.69 Å². The molecule has 5 heteroatoms. The number of rotatable bonds is 4. The van der Waals surface area contributed by atoms with Crippen molar-refractivity contribution in [1.82, 2.24) is 10.2 Å². The van der Waals surface area contributed by atoms with Crippen molar-refractivity contribution in [2.45, 2.75) is 19.3 Å². The SMILES string of the molecule is Cc1ccsc1[C@@H]1C[C@@H]1C(=O)N(C)c1ccc(-c2ccccc2)nn1. The van der Waals surface area contributed by atoms with Gasteiger partial charge in [-0.2, -0.15) is 0 Å². The van der Waals surface area contributed by atoms with Crippen molar-refractivity contribution in [3.63, 3.8) is 0 Å². The van der Waals surface area contributed by atoms with E-state index in [0.717, 1.165) is 17.7 Å². The number of amides is 1. The lowest BCUT2D eigenvalue weighted by atomic mass is 10.1. The van der Waals surface area contributed by atoms with E-state index in [1.54, 1.807) is 23.3 Å². The summed E-state index contributed by atoms with van der Waals surface area (Å²) >= 11 is 1.75. The molecule has 1 aromatic carbocycles. The quantitative estimate of drug-likeness (QED) is 0.706. The zero-order valence-electron chi connectivity index (χ0n) is 14.2. The van der Waals surface area contributed by atoms with Crippen LogP contribution < -0.4 is 4.90 Å². The maximum absolute atomic E-state index is 12.7. The van der Waals surface area contributed by atoms with Crippen molar-refractivity contribution in [2.75, 3.05) is 11.9 Å². The molecular formula is C20H19N3OS. The first-order chi connectivity index (χ1) is 12.1. The van der Waals surface area contributed by atoms with E-state index < -0.39 is 0 Å². The van der Waals surface area contributed by atoms with Crippen molar-refractivity contribution < 1.29 is 4.79 Å². The molecule has 0 saturated heterocycles. The van der Waals surface area contributed by atoms with Crippen LogP contribution in [0, 0.1) is 12.8 Å². The Kier molecular flexibility index (Phi) is 4.09. The van der Waals surface area contributed by atoms with E-state index in [1.807, 2.05) is 42.5 Å². The Morgan fingerprint density at radius 1 is 1.12 bits per heavy atom. The maximum Gasteiger partial charge on any atom is 0.231 e. The van der Waals surface area contributed by atoms with E-state index in [-0.39, 0.29) is 11.8 Å². The minimum atomic E-state index is 0.0675. The van der Waals surface area contributed by atoms with Crippen molar-refractivity contribution in [3.8, 4) is 11.3 Å². The highest BCUT2D eigenvalue weighted by atomic mass is 32.1. The monoisotopic (exact) mass is 349 g/mol. The van der Waals surface area contributed by atoms with E-state index in [9.17, 15) is 4.79 Å². The number of carbonyl (C=O) groups excluding carboxylic acids is 1. The van der Waals surface area contributed by atoms with Crippen LogP contribution in [0.25, 0.3) is 11.3 Å². The third kappa shape index (κ3) is 3.07. The molecule has 25 heavy (non-hydrogen) atoms. The molecule has 0 unspecified atom stereocenters. The fourth-order valence-electron chi connectivity index (χ4n) is 3.15. The second-order valence-corrected chi connectivity index (χ2v) is 7.40. The van der Waals surface area contributed by atoms with Gasteiger partial charge in [-0.1, -0.05) is 30.3 Å². The number of thiophene rings is 1. The van der Waals surface area contributed by atoms with Crippen LogP contribution in [-0.2, 0) is 4.79 Å². The first kappa shape index (κ1) is 16.0. The lowest BCUT2D eigenvalue weighted by molar-refractivity contribution is -0.119. The van der Waals surface area contributed by atoms with Crippen LogP contribution in [0.2, 0.25) is 0 Å². The number of hydrogen-bond acceptors (Lipinski definition) is 4. The Bertz CT molecular complexity index is 889. The number of aromatic nitrogens is 2. The van der Waals surface area contributed by atoms with Crippen molar-refractivity contribution >= 4 is 23.1 Å². The molecule has 0 aliphatic heterocycles. The molecule has 0 N–H and O–H groups in total. The Balaban J connectivity index is 1.47. The second kappa shape index (κ2) is 6.41. The number of nitrogens with zero attached hydrogens (tertiary/aromatic N) is 3. The Hall–Kier alpha value is -2.53. The third-order valence-electron chi connectivity index (χ3n) is 4.74. The van der Waals surface area contributed by atoms with Gasteiger partial charge in [0.05, 0.1) is 5.69 Å². The zero-order chi connectivity index (χ0) is 17.4. The minimum Gasteiger partial charge on any atom is -0.298 e. The summed E-state index contributed by atoms with van der Waals surface area (Å²) < 4.78 is 0. The van der Waals surface area contributed by atoms with Gasteiger partial charge in [-0.15, -0.1) is 21.5 Å². The van der Waals surface area contributed by atoms with E-state index >= 15 is 0 Å². The number of carbonyl (C=O) groups is 1. The summed E-state index contributed by atoms with van der Waals surface area (Å²) in [5, 5.41) is 10.6.